The van der Waals surface area contributed by atoms with Gasteiger partial charge in [0.05, 0.1) is 30.2 Å². The summed E-state index contributed by atoms with van der Waals surface area (Å²) < 4.78 is 91.0. The van der Waals surface area contributed by atoms with Gasteiger partial charge in [-0.1, -0.05) is 36.4 Å². The summed E-state index contributed by atoms with van der Waals surface area (Å²) in [4.78, 5) is 70.9. The summed E-state index contributed by atoms with van der Waals surface area (Å²) in [6.45, 7) is 1.33. The topological polar surface area (TPSA) is 150 Å². The van der Waals surface area contributed by atoms with Crippen molar-refractivity contribution in [3.05, 3.63) is 113 Å². The first-order valence-electron chi connectivity index (χ1n) is 16.0. The van der Waals surface area contributed by atoms with Gasteiger partial charge < -0.3 is 29.2 Å². The Kier molecular flexibility index (Phi) is 12.7. The van der Waals surface area contributed by atoms with E-state index in [2.05, 4.69) is 10.3 Å². The smallest absolute Gasteiger partial charge is 0.465 e. The van der Waals surface area contributed by atoms with Gasteiger partial charge in [-0.05, 0) is 55.3 Å². The molecule has 4 aromatic rings. The maximum absolute atomic E-state index is 16.1. The second-order valence-corrected chi connectivity index (χ2v) is 11.4. The molecule has 0 saturated carbocycles. The molecule has 0 spiro atoms. The SMILES string of the molecule is CCOC(=O)C(COC(=O)Oc1c(F)cc(NC(=O)c2ccccc2-c2ccc(C(F)(F)F)cc2)c(C(=O)N(C)C)c1F)(C(=O)OCC)c1ccccn1. The van der Waals surface area contributed by atoms with Gasteiger partial charge in [0.15, 0.2) is 11.6 Å². The van der Waals surface area contributed by atoms with Gasteiger partial charge in [-0.3, -0.25) is 24.2 Å². The molecule has 1 aromatic heterocycles. The molecule has 12 nitrogen and oxygen atoms in total. The molecule has 0 unspecified atom stereocenters. The molecule has 17 heteroatoms. The molecule has 54 heavy (non-hydrogen) atoms. The number of rotatable bonds is 12. The van der Waals surface area contributed by atoms with Gasteiger partial charge in [0.2, 0.25) is 11.2 Å². The van der Waals surface area contributed by atoms with Crippen molar-refractivity contribution in [1.82, 2.24) is 9.88 Å². The number of carbonyl (C=O) groups excluding carboxylic acids is 5. The number of carbonyl (C=O) groups is 5. The molecular weight excluding hydrogens is 725 g/mol. The van der Waals surface area contributed by atoms with Crippen LogP contribution in [0.4, 0.5) is 32.4 Å². The lowest BCUT2D eigenvalue weighted by Gasteiger charge is -2.27. The molecule has 0 atom stereocenters. The van der Waals surface area contributed by atoms with E-state index in [-0.39, 0.29) is 35.6 Å². The predicted molar refractivity (Wildman–Crippen MR) is 180 cm³/mol. The number of nitrogens with zero attached hydrogens (tertiary/aromatic N) is 2. The van der Waals surface area contributed by atoms with Crippen LogP contribution in [0.1, 0.15) is 45.8 Å². The van der Waals surface area contributed by atoms with Gasteiger partial charge in [0, 0.05) is 31.9 Å². The molecule has 2 amide bonds. The summed E-state index contributed by atoms with van der Waals surface area (Å²) in [6.07, 6.45) is -5.20. The Balaban J connectivity index is 1.68. The first-order chi connectivity index (χ1) is 25.6. The highest BCUT2D eigenvalue weighted by atomic mass is 19.4. The molecule has 0 radical (unpaired) electrons. The number of nitrogens with one attached hydrogen (secondary N) is 1. The molecule has 0 aliphatic heterocycles. The molecule has 1 N–H and O–H groups in total. The van der Waals surface area contributed by atoms with Gasteiger partial charge in [0.25, 0.3) is 11.8 Å². The zero-order chi connectivity index (χ0) is 39.8. The highest BCUT2D eigenvalue weighted by Gasteiger charge is 2.54. The van der Waals surface area contributed by atoms with Crippen LogP contribution in [0.15, 0.2) is 79.0 Å². The number of halogens is 5. The normalized spacial score (nSPS) is 11.3. The lowest BCUT2D eigenvalue weighted by Crippen LogP contribution is -2.51. The molecule has 284 valence electrons. The standard InChI is InChI=1S/C37H32F5N3O9/c1-5-51-33(48)36(34(49)52-6-2,27-13-9-10-18-43-27)20-53-35(50)54-30-25(38)19-26(28(29(30)39)32(47)45(3)4)44-31(46)24-12-8-7-11-23(24)21-14-16-22(17-15-21)37(40,41)42/h7-19H,5-6,20H2,1-4H3,(H,44,46). The fraction of sp³-hybridized carbons (Fsp3) is 0.243. The van der Waals surface area contributed by atoms with Gasteiger partial charge in [-0.2, -0.15) is 13.2 Å². The number of amides is 2. The van der Waals surface area contributed by atoms with Crippen LogP contribution >= 0.6 is 0 Å². The van der Waals surface area contributed by atoms with Crippen LogP contribution in [0.25, 0.3) is 11.1 Å². The van der Waals surface area contributed by atoms with Crippen LogP contribution in [0.2, 0.25) is 0 Å². The number of alkyl halides is 3. The summed E-state index contributed by atoms with van der Waals surface area (Å²) in [6, 6.07) is 14.2. The molecule has 0 fully saturated rings. The van der Waals surface area contributed by atoms with Crippen LogP contribution in [0, 0.1) is 11.6 Å². The molecule has 0 aliphatic carbocycles. The zero-order valence-electron chi connectivity index (χ0n) is 29.1. The van der Waals surface area contributed by atoms with Crippen molar-refractivity contribution in [2.75, 3.05) is 39.2 Å². The van der Waals surface area contributed by atoms with Gasteiger partial charge in [-0.15, -0.1) is 0 Å². The Morgan fingerprint density at radius 2 is 1.43 bits per heavy atom. The first kappa shape index (κ1) is 40.4. The van der Waals surface area contributed by atoms with Crippen molar-refractivity contribution in [2.45, 2.75) is 25.4 Å². The van der Waals surface area contributed by atoms with Crippen molar-refractivity contribution in [3.63, 3.8) is 0 Å². The quantitative estimate of drug-likeness (QED) is 0.0552. The average Bonchev–Trinajstić information content (AvgIpc) is 3.13. The second-order valence-electron chi connectivity index (χ2n) is 11.4. The fourth-order valence-electron chi connectivity index (χ4n) is 5.08. The number of hydrogen-bond acceptors (Lipinski definition) is 10. The summed E-state index contributed by atoms with van der Waals surface area (Å²) in [7, 11) is 2.43. The summed E-state index contributed by atoms with van der Waals surface area (Å²) in [5.74, 6) is -9.34. The zero-order valence-corrected chi connectivity index (χ0v) is 29.1. The molecule has 4 rings (SSSR count). The fourth-order valence-corrected chi connectivity index (χ4v) is 5.08. The number of aromatic nitrogens is 1. The van der Waals surface area contributed by atoms with E-state index in [0.29, 0.717) is 6.07 Å². The minimum atomic E-state index is -4.61. The van der Waals surface area contributed by atoms with Crippen molar-refractivity contribution in [2.24, 2.45) is 0 Å². The lowest BCUT2D eigenvalue weighted by atomic mass is 9.84. The van der Waals surface area contributed by atoms with E-state index < -0.39 is 82.3 Å². The van der Waals surface area contributed by atoms with E-state index in [1.165, 1.54) is 76.6 Å². The largest absolute Gasteiger partial charge is 0.514 e. The Morgan fingerprint density at radius 3 is 1.98 bits per heavy atom. The van der Waals surface area contributed by atoms with Crippen LogP contribution in [-0.2, 0) is 35.4 Å². The van der Waals surface area contributed by atoms with E-state index >= 15 is 8.78 Å². The van der Waals surface area contributed by atoms with Crippen LogP contribution in [0.5, 0.6) is 5.75 Å². The van der Waals surface area contributed by atoms with E-state index in [1.54, 1.807) is 0 Å². The van der Waals surface area contributed by atoms with Crippen LogP contribution < -0.4 is 10.1 Å². The Morgan fingerprint density at radius 1 is 0.815 bits per heavy atom. The third kappa shape index (κ3) is 8.62. The minimum Gasteiger partial charge on any atom is -0.465 e. The first-order valence-corrected chi connectivity index (χ1v) is 16.0. The highest BCUT2D eigenvalue weighted by Crippen LogP contribution is 2.35. The minimum absolute atomic E-state index is 0.134. The Bertz CT molecular complexity index is 2020. The van der Waals surface area contributed by atoms with Crippen molar-refractivity contribution >= 4 is 35.6 Å². The van der Waals surface area contributed by atoms with Crippen molar-refractivity contribution < 1.29 is 64.9 Å². The Labute approximate surface area is 304 Å². The van der Waals surface area contributed by atoms with Gasteiger partial charge in [-0.25, -0.2) is 13.6 Å². The maximum atomic E-state index is 16.1. The number of benzene rings is 3. The average molecular weight is 758 g/mol. The molecule has 0 saturated heterocycles. The van der Waals surface area contributed by atoms with E-state index in [0.717, 1.165) is 29.2 Å². The van der Waals surface area contributed by atoms with Crippen LogP contribution in [-0.4, -0.2) is 73.7 Å². The van der Waals surface area contributed by atoms with Gasteiger partial charge >= 0.3 is 24.3 Å². The van der Waals surface area contributed by atoms with Gasteiger partial charge in [0.1, 0.15) is 12.2 Å². The third-order valence-electron chi connectivity index (χ3n) is 7.68. The van der Waals surface area contributed by atoms with Crippen molar-refractivity contribution in [3.8, 4) is 16.9 Å². The van der Waals surface area contributed by atoms with E-state index in [9.17, 15) is 37.1 Å². The monoisotopic (exact) mass is 757 g/mol. The number of anilines is 1. The predicted octanol–water partition coefficient (Wildman–Crippen LogP) is 6.58. The summed E-state index contributed by atoms with van der Waals surface area (Å²) in [5, 5.41) is 2.25. The number of esters is 2. The highest BCUT2D eigenvalue weighted by molar-refractivity contribution is 6.12. The Hall–Kier alpha value is -6.39. The maximum Gasteiger partial charge on any atom is 0.514 e. The van der Waals surface area contributed by atoms with Crippen LogP contribution in [0.3, 0.4) is 0 Å². The summed E-state index contributed by atoms with van der Waals surface area (Å²) in [5.41, 5.74) is -5.09. The summed E-state index contributed by atoms with van der Waals surface area (Å²) >= 11 is 0. The number of hydrogen-bond donors (Lipinski definition) is 1. The van der Waals surface area contributed by atoms with E-state index in [1.807, 2.05) is 0 Å². The third-order valence-corrected chi connectivity index (χ3v) is 7.68. The molecular formula is C37H32F5N3O9. The number of pyridine rings is 1. The number of ether oxygens (including phenoxy) is 4. The second kappa shape index (κ2) is 17.0. The lowest BCUT2D eigenvalue weighted by molar-refractivity contribution is -0.167. The van der Waals surface area contributed by atoms with Crippen molar-refractivity contribution in [1.29, 1.82) is 0 Å². The molecule has 1 heterocycles. The molecule has 3 aromatic carbocycles. The van der Waals surface area contributed by atoms with E-state index in [4.69, 9.17) is 18.9 Å². The molecule has 0 bridgehead atoms. The molecule has 0 aliphatic rings.